The van der Waals surface area contributed by atoms with Gasteiger partial charge in [-0.2, -0.15) is 0 Å². The van der Waals surface area contributed by atoms with E-state index in [1.54, 1.807) is 85.6 Å². The van der Waals surface area contributed by atoms with Crippen LogP contribution in [-0.2, 0) is 0 Å². The molecule has 0 unspecified atom stereocenters. The van der Waals surface area contributed by atoms with Gasteiger partial charge in [0.2, 0.25) is 0 Å². The van der Waals surface area contributed by atoms with Crippen LogP contribution < -0.4 is 0 Å². The van der Waals surface area contributed by atoms with Crippen LogP contribution in [0.25, 0.3) is 0 Å². The predicted molar refractivity (Wildman–Crippen MR) is 252 cm³/mol. The van der Waals surface area contributed by atoms with Crippen molar-refractivity contribution in [1.29, 1.82) is 0 Å². The van der Waals surface area contributed by atoms with Crippen LogP contribution in [0.5, 0.6) is 0 Å². The zero-order valence-electron chi connectivity index (χ0n) is 36.4. The number of hydrogen-bond donors (Lipinski definition) is 0. The van der Waals surface area contributed by atoms with Gasteiger partial charge in [-0.15, -0.1) is 79.4 Å². The molecule has 0 atom stereocenters. The molecular weight excluding hydrogens is 845 g/mol. The first-order valence-corrected chi connectivity index (χ1v) is 23.8. The molecule has 0 bridgehead atoms. The second-order valence-corrected chi connectivity index (χ2v) is 20.8. The van der Waals surface area contributed by atoms with Gasteiger partial charge in [-0.3, -0.25) is 9.97 Å². The summed E-state index contributed by atoms with van der Waals surface area (Å²) in [6.07, 6.45) is 5.55. The van der Waals surface area contributed by atoms with Gasteiger partial charge in [-0.05, 0) is 111 Å². The van der Waals surface area contributed by atoms with E-state index in [4.69, 9.17) is 4.42 Å². The maximum atomic E-state index is 5.10. The third kappa shape index (κ3) is 24.2. The van der Waals surface area contributed by atoms with Crippen molar-refractivity contribution in [2.45, 2.75) is 118 Å². The average Bonchev–Trinajstić information content (AvgIpc) is 4.02. The van der Waals surface area contributed by atoms with E-state index >= 15 is 0 Å². The number of rotatable bonds is 0. The van der Waals surface area contributed by atoms with Crippen molar-refractivity contribution in [2.24, 2.45) is 0 Å². The van der Waals surface area contributed by atoms with Crippen molar-refractivity contribution in [2.75, 3.05) is 0 Å². The van der Waals surface area contributed by atoms with Crippen LogP contribution in [0.15, 0.2) is 44.8 Å². The van der Waals surface area contributed by atoms with E-state index in [-0.39, 0.29) is 0 Å². The molecule has 0 N–H and O–H groups in total. The molecule has 8 rings (SSSR count). The van der Waals surface area contributed by atoms with Gasteiger partial charge in [0.05, 0.1) is 58.8 Å². The summed E-state index contributed by atoms with van der Waals surface area (Å²) < 4.78 is 5.10. The molecule has 8 heterocycles. The smallest absolute Gasteiger partial charge is 0.191 e. The monoisotopic (exact) mass is 902 g/mol. The lowest BCUT2D eigenvalue weighted by Gasteiger charge is -1.77. The van der Waals surface area contributed by atoms with Crippen LogP contribution in [-0.4, -0.2) is 39.9 Å². The van der Waals surface area contributed by atoms with E-state index in [1.807, 2.05) is 119 Å². The Kier molecular flexibility index (Phi) is 25.5. The largest absolute Gasteiger partial charge is 0.446 e. The molecule has 0 saturated heterocycles. The molecule has 0 aromatic carbocycles. The highest BCUT2D eigenvalue weighted by Crippen LogP contribution is 2.15. The van der Waals surface area contributed by atoms with Gasteiger partial charge in [0.25, 0.3) is 0 Å². The van der Waals surface area contributed by atoms with Crippen LogP contribution in [0, 0.1) is 118 Å². The molecule has 9 nitrogen and oxygen atoms in total. The summed E-state index contributed by atoms with van der Waals surface area (Å²) in [6, 6.07) is 0. The summed E-state index contributed by atoms with van der Waals surface area (Å²) in [4.78, 5) is 39.0. The molecule has 0 aliphatic rings. The topological polar surface area (TPSA) is 116 Å². The minimum atomic E-state index is 0.750. The molecule has 8 aromatic heterocycles. The molecule has 310 valence electrons. The SMILES string of the molecule is Cc1cnc(C)s1.Cc1cncs1.Cc1csc(C)n1.Cc1nc(C)c(C)o1.Cc1nc(C)c(C)s1.Cc1nc(C)c(C)s1.Cc1nccs1.Cc1ncsc1C. The molecule has 0 fully saturated rings. The van der Waals surface area contributed by atoms with Crippen molar-refractivity contribution >= 4 is 79.4 Å². The van der Waals surface area contributed by atoms with Crippen molar-refractivity contribution in [3.05, 3.63) is 130 Å². The highest BCUT2D eigenvalue weighted by atomic mass is 32.1. The molecule has 0 amide bonds. The zero-order chi connectivity index (χ0) is 43.1. The lowest BCUT2D eigenvalue weighted by molar-refractivity contribution is 0.493. The highest BCUT2D eigenvalue weighted by molar-refractivity contribution is 7.12. The Morgan fingerprint density at radius 3 is 1.18 bits per heavy atom. The van der Waals surface area contributed by atoms with Crippen LogP contribution in [0.2, 0.25) is 0 Å². The lowest BCUT2D eigenvalue weighted by atomic mass is 10.4. The first kappa shape index (κ1) is 51.6. The summed E-state index contributed by atoms with van der Waals surface area (Å²) >= 11 is 12.0. The summed E-state index contributed by atoms with van der Waals surface area (Å²) in [5.74, 6) is 1.67. The van der Waals surface area contributed by atoms with E-state index < -0.39 is 0 Å². The Bertz CT molecular complexity index is 1920. The second-order valence-electron chi connectivity index (χ2n) is 12.3. The molecule has 0 radical (unpaired) electrons. The molecule has 0 aliphatic heterocycles. The van der Waals surface area contributed by atoms with Crippen LogP contribution in [0.3, 0.4) is 0 Å². The first-order chi connectivity index (χ1) is 26.8. The Balaban J connectivity index is 0.000000326. The third-order valence-electron chi connectivity index (χ3n) is 6.97. The molecule has 16 heteroatoms. The number of aromatic nitrogens is 8. The maximum Gasteiger partial charge on any atom is 0.191 e. The first-order valence-electron chi connectivity index (χ1n) is 17.8. The van der Waals surface area contributed by atoms with Gasteiger partial charge in [-0.25, -0.2) is 29.9 Å². The Morgan fingerprint density at radius 1 is 0.439 bits per heavy atom. The number of nitrogens with zero attached hydrogens (tertiary/aromatic N) is 8. The number of oxazole rings is 1. The van der Waals surface area contributed by atoms with Gasteiger partial charge in [0, 0.05) is 66.4 Å². The Hall–Kier alpha value is -3.38. The molecular formula is C41H58N8OS7. The Morgan fingerprint density at radius 2 is 1.05 bits per heavy atom. The fourth-order valence-corrected chi connectivity index (χ4v) is 8.12. The zero-order valence-corrected chi connectivity index (χ0v) is 42.1. The van der Waals surface area contributed by atoms with Gasteiger partial charge < -0.3 is 4.42 Å². The quantitative estimate of drug-likeness (QED) is 0.147. The van der Waals surface area contributed by atoms with Crippen molar-refractivity contribution < 1.29 is 4.42 Å². The molecule has 8 aromatic rings. The lowest BCUT2D eigenvalue weighted by Crippen LogP contribution is -1.71. The van der Waals surface area contributed by atoms with E-state index in [0.717, 1.165) is 43.8 Å². The molecule has 0 aliphatic carbocycles. The normalized spacial score (nSPS) is 9.49. The van der Waals surface area contributed by atoms with E-state index in [2.05, 4.69) is 72.9 Å². The molecule has 0 saturated carbocycles. The van der Waals surface area contributed by atoms with Gasteiger partial charge in [0.15, 0.2) is 5.89 Å². The standard InChI is InChI=1S/C6H9NO.2C6H9NS.3C5H7NS.2C4H5NS/c3*1-4-5(2)8-6(3)7-4;1-4-5(2)7-3-6-4;1-4-3-7-5(2)6-4;1-4-3-6-5(2)7-4;1-4-2-5-3-6-4;1-4-5-2-3-6-4/h3*1-3H3;3*3H,1-2H3;2*2-3H,1H3. The van der Waals surface area contributed by atoms with E-state index in [1.165, 1.54) is 45.8 Å². The van der Waals surface area contributed by atoms with Crippen LogP contribution in [0.4, 0.5) is 0 Å². The fourth-order valence-electron chi connectivity index (χ4n) is 3.77. The summed E-state index contributed by atoms with van der Waals surface area (Å²) in [6.45, 7) is 34.2. The molecule has 0 spiro atoms. The fraction of sp³-hybridized carbons (Fsp3) is 0.415. The maximum absolute atomic E-state index is 5.10. The van der Waals surface area contributed by atoms with E-state index in [9.17, 15) is 0 Å². The van der Waals surface area contributed by atoms with Gasteiger partial charge >= 0.3 is 0 Å². The predicted octanol–water partition coefficient (Wildman–Crippen LogP) is 13.9. The van der Waals surface area contributed by atoms with E-state index in [0.29, 0.717) is 0 Å². The van der Waals surface area contributed by atoms with Gasteiger partial charge in [0.1, 0.15) is 5.76 Å². The highest BCUT2D eigenvalue weighted by Gasteiger charge is 1.98. The van der Waals surface area contributed by atoms with Gasteiger partial charge in [-0.1, -0.05) is 0 Å². The van der Waals surface area contributed by atoms with Crippen molar-refractivity contribution in [3.63, 3.8) is 0 Å². The van der Waals surface area contributed by atoms with Crippen molar-refractivity contribution in [3.8, 4) is 0 Å². The minimum Gasteiger partial charge on any atom is -0.446 e. The molecule has 57 heavy (non-hydrogen) atoms. The minimum absolute atomic E-state index is 0.750. The second kappa shape index (κ2) is 28.1. The summed E-state index contributed by atoms with van der Waals surface area (Å²) in [7, 11) is 0. The summed E-state index contributed by atoms with van der Waals surface area (Å²) in [5.41, 5.74) is 9.31. The number of aryl methyl sites for hydroxylation is 17. The number of thiazole rings is 7. The Labute approximate surface area is 368 Å². The third-order valence-corrected chi connectivity index (χ3v) is 12.9. The van der Waals surface area contributed by atoms with Crippen molar-refractivity contribution in [1.82, 2.24) is 39.9 Å². The average molecular weight is 903 g/mol. The number of hydrogen-bond acceptors (Lipinski definition) is 16. The van der Waals surface area contributed by atoms with Crippen LogP contribution in [0.1, 0.15) is 89.5 Å². The van der Waals surface area contributed by atoms with Crippen LogP contribution >= 0.6 is 79.4 Å². The summed E-state index contributed by atoms with van der Waals surface area (Å²) in [5, 5.41) is 9.79.